The number of aliphatic hydroxyl groups is 1. The first-order valence-electron chi connectivity index (χ1n) is 6.65. The van der Waals surface area contributed by atoms with E-state index in [0.717, 1.165) is 0 Å². The molecule has 1 unspecified atom stereocenters. The van der Waals surface area contributed by atoms with Crippen LogP contribution in [0.5, 0.6) is 0 Å². The summed E-state index contributed by atoms with van der Waals surface area (Å²) in [5.74, 6) is -0.290. The minimum Gasteiger partial charge on any atom is -0.387 e. The summed E-state index contributed by atoms with van der Waals surface area (Å²) in [6.45, 7) is 0.0722. The van der Waals surface area contributed by atoms with Gasteiger partial charge in [0.15, 0.2) is 5.65 Å². The van der Waals surface area contributed by atoms with Crippen molar-refractivity contribution in [3.05, 3.63) is 65.1 Å². The number of nitrogens with one attached hydrogen (secondary N) is 1. The zero-order valence-corrected chi connectivity index (χ0v) is 12.2. The minimum absolute atomic E-state index is 0.0722. The molecule has 0 saturated heterocycles. The highest BCUT2D eigenvalue weighted by molar-refractivity contribution is 6.31. The van der Waals surface area contributed by atoms with E-state index in [2.05, 4.69) is 15.5 Å². The maximum absolute atomic E-state index is 12.1. The van der Waals surface area contributed by atoms with Gasteiger partial charge in [-0.15, -0.1) is 10.2 Å². The zero-order chi connectivity index (χ0) is 15.5. The smallest absolute Gasteiger partial charge is 0.252 e. The molecule has 112 valence electrons. The number of rotatable bonds is 4. The zero-order valence-electron chi connectivity index (χ0n) is 11.5. The molecule has 1 amide bonds. The molecule has 22 heavy (non-hydrogen) atoms. The third kappa shape index (κ3) is 2.93. The second-order valence-electron chi connectivity index (χ2n) is 4.76. The van der Waals surface area contributed by atoms with Crippen LogP contribution in [0.1, 0.15) is 22.0 Å². The quantitative estimate of drug-likeness (QED) is 0.770. The second kappa shape index (κ2) is 6.13. The molecule has 0 radical (unpaired) electrons. The summed E-state index contributed by atoms with van der Waals surface area (Å²) >= 11 is 6.01. The van der Waals surface area contributed by atoms with Crippen LogP contribution in [-0.4, -0.2) is 32.2 Å². The Kier molecular flexibility index (Phi) is 4.04. The van der Waals surface area contributed by atoms with Crippen LogP contribution in [0.25, 0.3) is 5.65 Å². The van der Waals surface area contributed by atoms with Crippen LogP contribution in [0.4, 0.5) is 0 Å². The highest BCUT2D eigenvalue weighted by Gasteiger charge is 2.13. The van der Waals surface area contributed by atoms with Gasteiger partial charge in [-0.2, -0.15) is 0 Å². The summed E-state index contributed by atoms with van der Waals surface area (Å²) < 4.78 is 1.65. The lowest BCUT2D eigenvalue weighted by atomic mass is 10.1. The summed E-state index contributed by atoms with van der Waals surface area (Å²) in [6.07, 6.45) is 2.29. The van der Waals surface area contributed by atoms with E-state index in [1.54, 1.807) is 47.0 Å². The van der Waals surface area contributed by atoms with Gasteiger partial charge in [0.25, 0.3) is 5.91 Å². The maximum atomic E-state index is 12.1. The summed E-state index contributed by atoms with van der Waals surface area (Å²) in [6, 6.07) is 10.3. The molecule has 0 aliphatic carbocycles. The van der Waals surface area contributed by atoms with Crippen LogP contribution in [0.3, 0.4) is 0 Å². The van der Waals surface area contributed by atoms with Gasteiger partial charge in [-0.3, -0.25) is 9.20 Å². The Labute approximate surface area is 131 Å². The summed E-state index contributed by atoms with van der Waals surface area (Å²) in [7, 11) is 0. The Morgan fingerprint density at radius 2 is 2.14 bits per heavy atom. The van der Waals surface area contributed by atoms with Gasteiger partial charge in [-0.05, 0) is 18.2 Å². The third-order valence-electron chi connectivity index (χ3n) is 3.27. The number of aliphatic hydroxyl groups excluding tert-OH is 1. The molecular formula is C15H13ClN4O2. The molecule has 0 aliphatic heterocycles. The summed E-state index contributed by atoms with van der Waals surface area (Å²) in [4.78, 5) is 12.1. The van der Waals surface area contributed by atoms with E-state index < -0.39 is 6.10 Å². The van der Waals surface area contributed by atoms with Crippen molar-refractivity contribution in [2.75, 3.05) is 6.54 Å². The molecule has 7 heteroatoms. The predicted octanol–water partition coefficient (Wildman–Crippen LogP) is 1.85. The van der Waals surface area contributed by atoms with Crippen LogP contribution in [-0.2, 0) is 0 Å². The number of pyridine rings is 1. The number of carbonyl (C=O) groups excluding carboxylic acids is 1. The first-order valence-corrected chi connectivity index (χ1v) is 7.03. The molecule has 2 aromatic heterocycles. The molecule has 0 fully saturated rings. The van der Waals surface area contributed by atoms with Crippen molar-refractivity contribution in [3.8, 4) is 0 Å². The molecule has 2 heterocycles. The molecular weight excluding hydrogens is 304 g/mol. The van der Waals surface area contributed by atoms with E-state index in [-0.39, 0.29) is 12.5 Å². The first-order chi connectivity index (χ1) is 10.6. The van der Waals surface area contributed by atoms with Crippen molar-refractivity contribution in [1.29, 1.82) is 0 Å². The highest BCUT2D eigenvalue weighted by Crippen LogP contribution is 2.21. The molecule has 0 saturated carbocycles. The molecule has 3 aromatic rings. The fourth-order valence-electron chi connectivity index (χ4n) is 2.11. The van der Waals surface area contributed by atoms with Crippen LogP contribution in [0.2, 0.25) is 5.02 Å². The summed E-state index contributed by atoms with van der Waals surface area (Å²) in [5, 5.41) is 20.9. The van der Waals surface area contributed by atoms with E-state index in [4.69, 9.17) is 11.6 Å². The van der Waals surface area contributed by atoms with Crippen LogP contribution >= 0.6 is 11.6 Å². The Morgan fingerprint density at radius 3 is 2.95 bits per heavy atom. The Hall–Kier alpha value is -2.44. The average Bonchev–Trinajstić information content (AvgIpc) is 3.00. The number of hydrogen-bond donors (Lipinski definition) is 2. The Balaban J connectivity index is 1.68. The van der Waals surface area contributed by atoms with Crippen molar-refractivity contribution in [2.45, 2.75) is 6.10 Å². The lowest BCUT2D eigenvalue weighted by molar-refractivity contribution is 0.0916. The number of fused-ring (bicyclic) bond motifs is 1. The fraction of sp³-hybridized carbons (Fsp3) is 0.133. The number of amides is 1. The molecule has 0 aliphatic rings. The second-order valence-corrected chi connectivity index (χ2v) is 5.17. The molecule has 3 rings (SSSR count). The van der Waals surface area contributed by atoms with Gasteiger partial charge in [0.2, 0.25) is 0 Å². The number of benzene rings is 1. The minimum atomic E-state index is -0.865. The van der Waals surface area contributed by atoms with Crippen molar-refractivity contribution in [1.82, 2.24) is 19.9 Å². The average molecular weight is 317 g/mol. The number of halogens is 1. The molecule has 2 N–H and O–H groups in total. The number of aromatic nitrogens is 3. The fourth-order valence-corrected chi connectivity index (χ4v) is 2.37. The lowest BCUT2D eigenvalue weighted by Gasteiger charge is -2.13. The van der Waals surface area contributed by atoms with E-state index in [0.29, 0.717) is 21.8 Å². The monoisotopic (exact) mass is 316 g/mol. The van der Waals surface area contributed by atoms with Gasteiger partial charge in [0.05, 0.1) is 11.7 Å². The first kappa shape index (κ1) is 14.5. The van der Waals surface area contributed by atoms with Gasteiger partial charge >= 0.3 is 0 Å². The number of nitrogens with zero attached hydrogens (tertiary/aromatic N) is 3. The molecule has 1 aromatic carbocycles. The van der Waals surface area contributed by atoms with Crippen molar-refractivity contribution >= 4 is 23.2 Å². The lowest BCUT2D eigenvalue weighted by Crippen LogP contribution is -2.28. The van der Waals surface area contributed by atoms with Crippen LogP contribution < -0.4 is 5.32 Å². The van der Waals surface area contributed by atoms with Gasteiger partial charge in [-0.25, -0.2) is 0 Å². The van der Waals surface area contributed by atoms with Crippen molar-refractivity contribution in [2.24, 2.45) is 0 Å². The third-order valence-corrected chi connectivity index (χ3v) is 3.62. The van der Waals surface area contributed by atoms with E-state index >= 15 is 0 Å². The SMILES string of the molecule is O=C(NCC(O)c1ccccc1Cl)c1ccc2nncn2c1. The Morgan fingerprint density at radius 1 is 1.32 bits per heavy atom. The highest BCUT2D eigenvalue weighted by atomic mass is 35.5. The van der Waals surface area contributed by atoms with Gasteiger partial charge in [-0.1, -0.05) is 29.8 Å². The molecule has 6 nitrogen and oxygen atoms in total. The van der Waals surface area contributed by atoms with E-state index in [1.807, 2.05) is 0 Å². The topological polar surface area (TPSA) is 79.5 Å². The largest absolute Gasteiger partial charge is 0.387 e. The van der Waals surface area contributed by atoms with Gasteiger partial charge in [0, 0.05) is 23.3 Å². The number of hydrogen-bond acceptors (Lipinski definition) is 4. The predicted molar refractivity (Wildman–Crippen MR) is 81.7 cm³/mol. The maximum Gasteiger partial charge on any atom is 0.252 e. The van der Waals surface area contributed by atoms with Gasteiger partial charge in [0.1, 0.15) is 6.33 Å². The van der Waals surface area contributed by atoms with Crippen LogP contribution in [0, 0.1) is 0 Å². The van der Waals surface area contributed by atoms with E-state index in [1.165, 1.54) is 6.33 Å². The Bertz CT molecular complexity index is 818. The van der Waals surface area contributed by atoms with Crippen molar-refractivity contribution < 1.29 is 9.90 Å². The molecule has 0 spiro atoms. The van der Waals surface area contributed by atoms with Gasteiger partial charge < -0.3 is 10.4 Å². The van der Waals surface area contributed by atoms with E-state index in [9.17, 15) is 9.90 Å². The normalized spacial score (nSPS) is 12.3. The number of carbonyl (C=O) groups is 1. The van der Waals surface area contributed by atoms with Crippen LogP contribution in [0.15, 0.2) is 48.9 Å². The molecule has 1 atom stereocenters. The molecule has 0 bridgehead atoms. The van der Waals surface area contributed by atoms with Crippen molar-refractivity contribution in [3.63, 3.8) is 0 Å². The standard InChI is InChI=1S/C15H13ClN4O2/c16-12-4-2-1-3-11(12)13(21)7-17-15(22)10-5-6-14-19-18-9-20(14)8-10/h1-6,8-9,13,21H,7H2,(H,17,22). The summed E-state index contributed by atoms with van der Waals surface area (Å²) in [5.41, 5.74) is 1.70.